The lowest BCUT2D eigenvalue weighted by atomic mass is 10.2. The van der Waals surface area contributed by atoms with Gasteiger partial charge in [0.15, 0.2) is 11.6 Å². The Morgan fingerprint density at radius 3 is 2.26 bits per heavy atom. The van der Waals surface area contributed by atoms with Crippen LogP contribution in [0, 0.1) is 0 Å². The van der Waals surface area contributed by atoms with Crippen molar-refractivity contribution in [3.63, 3.8) is 0 Å². The number of fused-ring (bicyclic) bond motifs is 1. The van der Waals surface area contributed by atoms with Crippen molar-refractivity contribution in [1.82, 2.24) is 9.97 Å². The number of esters is 1. The number of benzene rings is 2. The molecule has 0 unspecified atom stereocenters. The Kier molecular flexibility index (Phi) is 5.90. The van der Waals surface area contributed by atoms with Crippen LogP contribution in [0.4, 0.5) is 17.3 Å². The standard InChI is InChI=1S/C20H15BrN4O4S2/c1-29-20(26)12-6-2-3-7-13(12)22-18-19(24-15-9-5-4-8-14(15)23-18)25-31(27,28)17-11-10-16(21)30-17/h2-11H,1H3,(H,22,23)(H,24,25). The number of para-hydroxylation sites is 3. The molecule has 0 aliphatic heterocycles. The number of rotatable bonds is 6. The predicted octanol–water partition coefficient (Wildman–Crippen LogP) is 4.78. The van der Waals surface area contributed by atoms with Gasteiger partial charge in [0, 0.05) is 0 Å². The van der Waals surface area contributed by atoms with Crippen molar-refractivity contribution in [3.8, 4) is 0 Å². The molecule has 0 amide bonds. The molecule has 11 heteroatoms. The molecule has 0 aliphatic carbocycles. The number of nitrogens with one attached hydrogen (secondary N) is 2. The van der Waals surface area contributed by atoms with E-state index in [0.717, 1.165) is 11.3 Å². The lowest BCUT2D eigenvalue weighted by molar-refractivity contribution is 0.0602. The molecule has 2 aromatic heterocycles. The number of sulfonamides is 1. The fourth-order valence-electron chi connectivity index (χ4n) is 2.79. The van der Waals surface area contributed by atoms with Crippen LogP contribution < -0.4 is 10.0 Å². The van der Waals surface area contributed by atoms with Crippen molar-refractivity contribution in [3.05, 3.63) is 70.0 Å². The summed E-state index contributed by atoms with van der Waals surface area (Å²) < 4.78 is 33.9. The van der Waals surface area contributed by atoms with Crippen LogP contribution in [-0.2, 0) is 14.8 Å². The number of methoxy groups -OCH3 is 1. The Labute approximate surface area is 190 Å². The molecule has 0 spiro atoms. The molecule has 0 bridgehead atoms. The Bertz CT molecular complexity index is 1390. The van der Waals surface area contributed by atoms with Gasteiger partial charge in [-0.2, -0.15) is 0 Å². The third kappa shape index (κ3) is 4.53. The molecule has 0 aliphatic rings. The zero-order valence-corrected chi connectivity index (χ0v) is 19.2. The first-order chi connectivity index (χ1) is 14.9. The van der Waals surface area contributed by atoms with Gasteiger partial charge in [0.25, 0.3) is 10.0 Å². The second kappa shape index (κ2) is 8.61. The first-order valence-electron chi connectivity index (χ1n) is 8.87. The maximum Gasteiger partial charge on any atom is 0.339 e. The highest BCUT2D eigenvalue weighted by Gasteiger charge is 2.22. The van der Waals surface area contributed by atoms with E-state index in [1.54, 1.807) is 54.6 Å². The first-order valence-corrected chi connectivity index (χ1v) is 12.0. The van der Waals surface area contributed by atoms with Crippen LogP contribution in [0.5, 0.6) is 0 Å². The third-order valence-electron chi connectivity index (χ3n) is 4.20. The Balaban J connectivity index is 1.81. The van der Waals surface area contributed by atoms with Gasteiger partial charge in [-0.15, -0.1) is 11.3 Å². The van der Waals surface area contributed by atoms with Gasteiger partial charge in [-0.05, 0) is 52.3 Å². The van der Waals surface area contributed by atoms with Crippen LogP contribution in [0.1, 0.15) is 10.4 Å². The molecular weight excluding hydrogens is 504 g/mol. The number of hydrogen-bond acceptors (Lipinski definition) is 8. The molecule has 4 aromatic rings. The van der Waals surface area contributed by atoms with Crippen molar-refractivity contribution in [2.24, 2.45) is 0 Å². The van der Waals surface area contributed by atoms with Crippen LogP contribution in [0.3, 0.4) is 0 Å². The van der Waals surface area contributed by atoms with Gasteiger partial charge < -0.3 is 10.1 Å². The monoisotopic (exact) mass is 518 g/mol. The number of carbonyl (C=O) groups is 1. The Morgan fingerprint density at radius 1 is 0.968 bits per heavy atom. The quantitative estimate of drug-likeness (QED) is 0.353. The lowest BCUT2D eigenvalue weighted by Crippen LogP contribution is -2.15. The van der Waals surface area contributed by atoms with E-state index in [4.69, 9.17) is 4.74 Å². The molecule has 2 aromatic carbocycles. The summed E-state index contributed by atoms with van der Waals surface area (Å²) in [7, 11) is -2.62. The van der Waals surface area contributed by atoms with E-state index in [2.05, 4.69) is 35.9 Å². The van der Waals surface area contributed by atoms with E-state index in [-0.39, 0.29) is 21.4 Å². The first kappa shape index (κ1) is 21.2. The summed E-state index contributed by atoms with van der Waals surface area (Å²) in [6.07, 6.45) is 0. The molecule has 158 valence electrons. The van der Waals surface area contributed by atoms with Gasteiger partial charge in [0.1, 0.15) is 4.21 Å². The maximum atomic E-state index is 12.9. The van der Waals surface area contributed by atoms with E-state index in [1.807, 2.05) is 0 Å². The molecule has 4 rings (SSSR count). The number of aromatic nitrogens is 2. The summed E-state index contributed by atoms with van der Waals surface area (Å²) in [4.78, 5) is 21.1. The molecule has 2 N–H and O–H groups in total. The van der Waals surface area contributed by atoms with E-state index in [1.165, 1.54) is 13.2 Å². The second-order valence-electron chi connectivity index (χ2n) is 6.24. The van der Waals surface area contributed by atoms with Gasteiger partial charge in [0.2, 0.25) is 0 Å². The zero-order valence-electron chi connectivity index (χ0n) is 16.0. The minimum absolute atomic E-state index is 0.00268. The molecular formula is C20H15BrN4O4S2. The Hall–Kier alpha value is -3.02. The third-order valence-corrected chi connectivity index (χ3v) is 7.65. The van der Waals surface area contributed by atoms with Crippen molar-refractivity contribution in [2.75, 3.05) is 17.1 Å². The number of thiophene rings is 1. The number of halogens is 1. The zero-order chi connectivity index (χ0) is 22.0. The normalized spacial score (nSPS) is 11.3. The van der Waals surface area contributed by atoms with Crippen molar-refractivity contribution in [1.29, 1.82) is 0 Å². The number of ether oxygens (including phenoxy) is 1. The molecule has 0 fully saturated rings. The second-order valence-corrected chi connectivity index (χ2v) is 10.6. The van der Waals surface area contributed by atoms with Crippen LogP contribution in [0.25, 0.3) is 11.0 Å². The Morgan fingerprint density at radius 2 is 1.61 bits per heavy atom. The molecule has 0 saturated heterocycles. The summed E-state index contributed by atoms with van der Waals surface area (Å²) in [6.45, 7) is 0. The van der Waals surface area contributed by atoms with Crippen molar-refractivity contribution >= 4 is 71.6 Å². The van der Waals surface area contributed by atoms with Crippen molar-refractivity contribution < 1.29 is 17.9 Å². The van der Waals surface area contributed by atoms with E-state index in [0.29, 0.717) is 20.5 Å². The lowest BCUT2D eigenvalue weighted by Gasteiger charge is -2.15. The summed E-state index contributed by atoms with van der Waals surface area (Å²) in [5.74, 6) is -0.389. The number of hydrogen-bond donors (Lipinski definition) is 2. The summed E-state index contributed by atoms with van der Waals surface area (Å²) in [5, 5.41) is 3.02. The fraction of sp³-hybridized carbons (Fsp3) is 0.0500. The molecule has 31 heavy (non-hydrogen) atoms. The molecule has 0 saturated carbocycles. The molecule has 8 nitrogen and oxygen atoms in total. The highest BCUT2D eigenvalue weighted by atomic mass is 79.9. The summed E-state index contributed by atoms with van der Waals surface area (Å²) >= 11 is 4.34. The minimum Gasteiger partial charge on any atom is -0.465 e. The number of anilines is 3. The van der Waals surface area contributed by atoms with E-state index in [9.17, 15) is 13.2 Å². The SMILES string of the molecule is COC(=O)c1ccccc1Nc1nc2ccccc2nc1NS(=O)(=O)c1ccc(Br)s1. The van der Waals surface area contributed by atoms with Gasteiger partial charge in [-0.25, -0.2) is 23.2 Å². The largest absolute Gasteiger partial charge is 0.465 e. The topological polar surface area (TPSA) is 110 Å². The number of carbonyl (C=O) groups excluding carboxylic acids is 1. The summed E-state index contributed by atoms with van der Waals surface area (Å²) in [6, 6.07) is 16.9. The van der Waals surface area contributed by atoms with Crippen LogP contribution in [0.2, 0.25) is 0 Å². The van der Waals surface area contributed by atoms with Crippen molar-refractivity contribution in [2.45, 2.75) is 4.21 Å². The van der Waals surface area contributed by atoms with Gasteiger partial charge in [-0.1, -0.05) is 24.3 Å². The van der Waals surface area contributed by atoms with E-state index >= 15 is 0 Å². The van der Waals surface area contributed by atoms with Crippen LogP contribution in [0.15, 0.2) is 68.7 Å². The maximum absolute atomic E-state index is 12.9. The van der Waals surface area contributed by atoms with E-state index < -0.39 is 16.0 Å². The smallest absolute Gasteiger partial charge is 0.339 e. The van der Waals surface area contributed by atoms with Gasteiger partial charge in [-0.3, -0.25) is 4.72 Å². The van der Waals surface area contributed by atoms with Crippen LogP contribution in [-0.4, -0.2) is 31.5 Å². The minimum atomic E-state index is -3.90. The number of nitrogens with zero attached hydrogens (tertiary/aromatic N) is 2. The fourth-order valence-corrected chi connectivity index (χ4v) is 5.80. The predicted molar refractivity (Wildman–Crippen MR) is 123 cm³/mol. The van der Waals surface area contributed by atoms with Crippen LogP contribution >= 0.6 is 27.3 Å². The summed E-state index contributed by atoms with van der Waals surface area (Å²) in [5.41, 5.74) is 1.75. The average molecular weight is 519 g/mol. The molecule has 2 heterocycles. The molecule has 0 atom stereocenters. The van der Waals surface area contributed by atoms with Gasteiger partial charge in [0.05, 0.1) is 33.2 Å². The molecule has 0 radical (unpaired) electrons. The highest BCUT2D eigenvalue weighted by molar-refractivity contribution is 9.11. The van der Waals surface area contributed by atoms with Gasteiger partial charge >= 0.3 is 5.97 Å². The highest BCUT2D eigenvalue weighted by Crippen LogP contribution is 2.31. The average Bonchev–Trinajstić information content (AvgIpc) is 3.21.